The second-order valence-corrected chi connectivity index (χ2v) is 4.67. The quantitative estimate of drug-likeness (QED) is 0.873. The molecule has 1 unspecified atom stereocenters. The van der Waals surface area contributed by atoms with Crippen LogP contribution in [-0.4, -0.2) is 15.0 Å². The number of nitrogens with one attached hydrogen (secondary N) is 1. The Labute approximate surface area is 105 Å². The van der Waals surface area contributed by atoms with Crippen LogP contribution in [-0.2, 0) is 5.54 Å². The van der Waals surface area contributed by atoms with E-state index in [-0.39, 0.29) is 5.82 Å². The van der Waals surface area contributed by atoms with Gasteiger partial charge < -0.3 is 10.7 Å². The number of aromatic amines is 1. The highest BCUT2D eigenvalue weighted by Crippen LogP contribution is 2.23. The largest absolute Gasteiger partial charge is 0.339 e. The van der Waals surface area contributed by atoms with Crippen molar-refractivity contribution in [3.63, 3.8) is 0 Å². The van der Waals surface area contributed by atoms with Crippen molar-refractivity contribution in [2.24, 2.45) is 5.73 Å². The molecule has 3 N–H and O–H groups in total. The molecule has 2 heterocycles. The molecule has 0 aliphatic carbocycles. The van der Waals surface area contributed by atoms with Crippen molar-refractivity contribution in [3.05, 3.63) is 36.2 Å². The molecule has 0 saturated carbocycles. The van der Waals surface area contributed by atoms with Crippen LogP contribution in [0.1, 0.15) is 32.5 Å². The smallest absolute Gasteiger partial charge is 0.141 e. The summed E-state index contributed by atoms with van der Waals surface area (Å²) in [5.74, 6) is 0.374. The third-order valence-electron chi connectivity index (χ3n) is 2.89. The second-order valence-electron chi connectivity index (χ2n) is 4.67. The van der Waals surface area contributed by atoms with Crippen LogP contribution in [0.3, 0.4) is 0 Å². The second kappa shape index (κ2) is 4.86. The average molecular weight is 248 g/mol. The number of nitrogens with two attached hydrogens (primary N) is 1. The zero-order valence-electron chi connectivity index (χ0n) is 10.6. The van der Waals surface area contributed by atoms with E-state index in [1.165, 1.54) is 12.3 Å². The molecule has 4 nitrogen and oxygen atoms in total. The average Bonchev–Trinajstić information content (AvgIpc) is 2.80. The molecule has 0 aliphatic heterocycles. The monoisotopic (exact) mass is 248 g/mol. The van der Waals surface area contributed by atoms with Crippen LogP contribution < -0.4 is 5.73 Å². The number of halogens is 1. The lowest BCUT2D eigenvalue weighted by Crippen LogP contribution is -2.34. The van der Waals surface area contributed by atoms with E-state index in [1.54, 1.807) is 12.3 Å². The van der Waals surface area contributed by atoms with E-state index in [0.717, 1.165) is 24.4 Å². The fourth-order valence-electron chi connectivity index (χ4n) is 1.91. The van der Waals surface area contributed by atoms with E-state index in [9.17, 15) is 4.39 Å². The Kier molecular flexibility index (Phi) is 3.43. The van der Waals surface area contributed by atoms with E-state index in [1.807, 2.05) is 6.92 Å². The minimum Gasteiger partial charge on any atom is -0.339 e. The highest BCUT2D eigenvalue weighted by atomic mass is 19.1. The Morgan fingerprint density at radius 3 is 2.72 bits per heavy atom. The lowest BCUT2D eigenvalue weighted by molar-refractivity contribution is 0.423. The first-order valence-corrected chi connectivity index (χ1v) is 5.99. The predicted molar refractivity (Wildman–Crippen MR) is 68.2 cm³/mol. The normalized spacial score (nSPS) is 14.4. The number of pyridine rings is 1. The fraction of sp³-hybridized carbons (Fsp3) is 0.385. The predicted octanol–water partition coefficient (Wildman–Crippen LogP) is 2.58. The molecule has 2 aromatic heterocycles. The van der Waals surface area contributed by atoms with Crippen LogP contribution in [0, 0.1) is 5.82 Å². The summed E-state index contributed by atoms with van der Waals surface area (Å²) in [6.07, 6.45) is 4.69. The molecule has 96 valence electrons. The molecule has 18 heavy (non-hydrogen) atoms. The Morgan fingerprint density at radius 2 is 2.11 bits per heavy atom. The van der Waals surface area contributed by atoms with Gasteiger partial charge in [-0.1, -0.05) is 13.3 Å². The number of rotatable bonds is 4. The zero-order chi connectivity index (χ0) is 13.2. The third kappa shape index (κ3) is 2.56. The lowest BCUT2D eigenvalue weighted by atomic mass is 9.97. The van der Waals surface area contributed by atoms with Gasteiger partial charge >= 0.3 is 0 Å². The summed E-state index contributed by atoms with van der Waals surface area (Å²) in [4.78, 5) is 11.4. The van der Waals surface area contributed by atoms with E-state index in [4.69, 9.17) is 5.73 Å². The van der Waals surface area contributed by atoms with Crippen molar-refractivity contribution >= 4 is 0 Å². The van der Waals surface area contributed by atoms with Crippen LogP contribution in [0.2, 0.25) is 0 Å². The summed E-state index contributed by atoms with van der Waals surface area (Å²) in [5.41, 5.74) is 7.11. The van der Waals surface area contributed by atoms with Gasteiger partial charge in [-0.25, -0.2) is 9.37 Å². The number of H-pyrrole nitrogens is 1. The Balaban J connectivity index is 2.28. The highest BCUT2D eigenvalue weighted by molar-refractivity contribution is 5.52. The molecule has 2 aromatic rings. The molecule has 0 aliphatic rings. The van der Waals surface area contributed by atoms with Crippen molar-refractivity contribution in [2.75, 3.05) is 0 Å². The Morgan fingerprint density at radius 1 is 1.33 bits per heavy atom. The van der Waals surface area contributed by atoms with E-state index < -0.39 is 5.54 Å². The van der Waals surface area contributed by atoms with Crippen LogP contribution in [0.25, 0.3) is 11.4 Å². The molecular weight excluding hydrogens is 231 g/mol. The Bertz CT molecular complexity index is 516. The summed E-state index contributed by atoms with van der Waals surface area (Å²) in [7, 11) is 0. The van der Waals surface area contributed by atoms with Gasteiger partial charge in [-0.2, -0.15) is 0 Å². The summed E-state index contributed by atoms with van der Waals surface area (Å²) in [5, 5.41) is 0. The van der Waals surface area contributed by atoms with E-state index in [2.05, 4.69) is 21.9 Å². The molecule has 0 radical (unpaired) electrons. The van der Waals surface area contributed by atoms with Gasteiger partial charge in [0.1, 0.15) is 11.6 Å². The van der Waals surface area contributed by atoms with Gasteiger partial charge in [0.05, 0.1) is 29.3 Å². The maximum Gasteiger partial charge on any atom is 0.141 e. The van der Waals surface area contributed by atoms with Crippen molar-refractivity contribution < 1.29 is 4.39 Å². The molecule has 2 rings (SSSR count). The molecule has 0 aromatic carbocycles. The number of hydrogen-bond acceptors (Lipinski definition) is 3. The molecule has 0 bridgehead atoms. The van der Waals surface area contributed by atoms with Gasteiger partial charge in [-0.05, 0) is 25.5 Å². The maximum atomic E-state index is 12.8. The van der Waals surface area contributed by atoms with Gasteiger partial charge in [0.2, 0.25) is 0 Å². The van der Waals surface area contributed by atoms with E-state index >= 15 is 0 Å². The topological polar surface area (TPSA) is 67.6 Å². The number of nitrogens with zero attached hydrogens (tertiary/aromatic N) is 2. The first-order valence-electron chi connectivity index (χ1n) is 5.99. The van der Waals surface area contributed by atoms with Crippen molar-refractivity contribution in [1.29, 1.82) is 0 Å². The van der Waals surface area contributed by atoms with Crippen molar-refractivity contribution in [2.45, 2.75) is 32.2 Å². The molecule has 0 saturated heterocycles. The van der Waals surface area contributed by atoms with Gasteiger partial charge in [-0.15, -0.1) is 0 Å². The van der Waals surface area contributed by atoms with Gasteiger partial charge in [-0.3, -0.25) is 4.98 Å². The van der Waals surface area contributed by atoms with Crippen LogP contribution in [0.5, 0.6) is 0 Å². The minimum atomic E-state index is -0.479. The standard InChI is InChI=1S/C13H17FN4/c1-3-6-13(2,15)12-17-8-11(18-12)10-5-4-9(14)7-16-10/h4-5,7-8H,3,6,15H2,1-2H3,(H,17,18). The van der Waals surface area contributed by atoms with Crippen LogP contribution in [0.15, 0.2) is 24.5 Å². The summed E-state index contributed by atoms with van der Waals surface area (Å²) in [6.45, 7) is 4.02. The molecule has 5 heteroatoms. The van der Waals surface area contributed by atoms with Gasteiger partial charge in [0, 0.05) is 0 Å². The fourth-order valence-corrected chi connectivity index (χ4v) is 1.91. The molecule has 0 spiro atoms. The first-order chi connectivity index (χ1) is 8.53. The van der Waals surface area contributed by atoms with Crippen molar-refractivity contribution in [3.8, 4) is 11.4 Å². The number of imidazole rings is 1. The van der Waals surface area contributed by atoms with Crippen LogP contribution in [0.4, 0.5) is 4.39 Å². The minimum absolute atomic E-state index is 0.354. The SMILES string of the molecule is CCCC(C)(N)c1ncc(-c2ccc(F)cn2)[nH]1. The number of aromatic nitrogens is 3. The first kappa shape index (κ1) is 12.7. The molecule has 0 fully saturated rings. The maximum absolute atomic E-state index is 12.8. The summed E-state index contributed by atoms with van der Waals surface area (Å²) >= 11 is 0. The molecular formula is C13H17FN4. The van der Waals surface area contributed by atoms with Gasteiger partial charge in [0.25, 0.3) is 0 Å². The van der Waals surface area contributed by atoms with Crippen LogP contribution >= 0.6 is 0 Å². The summed E-state index contributed by atoms with van der Waals surface area (Å²) in [6, 6.07) is 2.98. The van der Waals surface area contributed by atoms with Gasteiger partial charge in [0.15, 0.2) is 0 Å². The summed E-state index contributed by atoms with van der Waals surface area (Å²) < 4.78 is 12.8. The zero-order valence-corrected chi connectivity index (χ0v) is 10.6. The molecule has 0 amide bonds. The van der Waals surface area contributed by atoms with Crippen molar-refractivity contribution in [1.82, 2.24) is 15.0 Å². The molecule has 1 atom stereocenters. The highest BCUT2D eigenvalue weighted by Gasteiger charge is 2.23. The van der Waals surface area contributed by atoms with E-state index in [0.29, 0.717) is 5.69 Å². The lowest BCUT2D eigenvalue weighted by Gasteiger charge is -2.20. The number of hydrogen-bond donors (Lipinski definition) is 2. The Hall–Kier alpha value is -1.75. The third-order valence-corrected chi connectivity index (χ3v) is 2.89.